The fraction of sp³-hybridized carbons (Fsp3) is 0.536. The molecule has 0 saturated carbocycles. The van der Waals surface area contributed by atoms with Crippen LogP contribution in [0.5, 0.6) is 11.5 Å². The molecule has 38 heavy (non-hydrogen) atoms. The number of carbonyl (C=O) groups is 2. The van der Waals surface area contributed by atoms with Crippen LogP contribution in [0.15, 0.2) is 47.4 Å². The molecule has 1 aromatic heterocycles. The first-order valence-corrected chi connectivity index (χ1v) is 13.4. The summed E-state index contributed by atoms with van der Waals surface area (Å²) in [5.41, 5.74) is 6.41. The van der Waals surface area contributed by atoms with Gasteiger partial charge in [-0.25, -0.2) is 0 Å². The first-order chi connectivity index (χ1) is 18.4. The molecule has 2 aliphatic heterocycles. The van der Waals surface area contributed by atoms with Crippen molar-refractivity contribution in [2.24, 2.45) is 11.7 Å². The molecule has 0 aliphatic carbocycles. The Bertz CT molecular complexity index is 1160. The highest BCUT2D eigenvalue weighted by Crippen LogP contribution is 2.42. The van der Waals surface area contributed by atoms with E-state index in [1.807, 2.05) is 28.0 Å². The number of carbonyl (C=O) groups excluding carboxylic acids is 1. The molecule has 10 nitrogen and oxygen atoms in total. The Balaban J connectivity index is 1.61. The number of aromatic nitrogens is 1. The number of amides is 1. The zero-order valence-electron chi connectivity index (χ0n) is 22.0. The van der Waals surface area contributed by atoms with Gasteiger partial charge in [0.05, 0.1) is 12.5 Å². The van der Waals surface area contributed by atoms with Crippen LogP contribution in [-0.2, 0) is 16.1 Å². The van der Waals surface area contributed by atoms with Crippen LogP contribution in [0.2, 0.25) is 0 Å². The van der Waals surface area contributed by atoms with Gasteiger partial charge in [0, 0.05) is 50.4 Å². The highest BCUT2D eigenvalue weighted by molar-refractivity contribution is 5.79. The fourth-order valence-corrected chi connectivity index (χ4v) is 5.52. The number of hydrogen-bond acceptors (Lipinski definition) is 7. The molecule has 1 aromatic carbocycles. The van der Waals surface area contributed by atoms with Crippen molar-refractivity contribution >= 4 is 11.9 Å². The topological polar surface area (TPSA) is 127 Å². The Morgan fingerprint density at radius 1 is 1.13 bits per heavy atom. The van der Waals surface area contributed by atoms with E-state index < -0.39 is 17.9 Å². The van der Waals surface area contributed by atoms with Crippen molar-refractivity contribution in [1.29, 1.82) is 0 Å². The second kappa shape index (κ2) is 12.9. The zero-order valence-corrected chi connectivity index (χ0v) is 22.0. The van der Waals surface area contributed by atoms with Gasteiger partial charge in [0.1, 0.15) is 0 Å². The summed E-state index contributed by atoms with van der Waals surface area (Å²) in [7, 11) is 0. The smallest absolute Gasteiger partial charge is 0.308 e. The van der Waals surface area contributed by atoms with Crippen molar-refractivity contribution in [2.75, 3.05) is 39.5 Å². The summed E-state index contributed by atoms with van der Waals surface area (Å²) < 4.78 is 12.6. The number of fused-ring (bicyclic) bond motifs is 1. The number of aryl methyl sites for hydroxylation is 1. The van der Waals surface area contributed by atoms with Gasteiger partial charge in [-0.1, -0.05) is 25.5 Å². The van der Waals surface area contributed by atoms with Crippen LogP contribution >= 0.6 is 0 Å². The van der Waals surface area contributed by atoms with Crippen LogP contribution in [0.3, 0.4) is 0 Å². The van der Waals surface area contributed by atoms with Crippen molar-refractivity contribution in [3.8, 4) is 11.5 Å². The van der Waals surface area contributed by atoms with E-state index in [0.29, 0.717) is 57.1 Å². The lowest BCUT2D eigenvalue weighted by Gasteiger charge is -2.30. The summed E-state index contributed by atoms with van der Waals surface area (Å²) in [4.78, 5) is 42.3. The average molecular weight is 527 g/mol. The SMILES string of the molecule is CCCCN(CCCN)C(=O)CN1CC(c2ccc3c(c2)OCO3)C(C(=O)O)C1CCn1ccccc1=O. The number of benzene rings is 1. The van der Waals surface area contributed by atoms with Crippen molar-refractivity contribution in [2.45, 2.75) is 51.1 Å². The average Bonchev–Trinajstić information content (AvgIpc) is 3.52. The summed E-state index contributed by atoms with van der Waals surface area (Å²) in [5.74, 6) is -0.808. The summed E-state index contributed by atoms with van der Waals surface area (Å²) in [6.07, 6.45) is 4.71. The van der Waals surface area contributed by atoms with E-state index in [9.17, 15) is 19.5 Å². The van der Waals surface area contributed by atoms with Crippen molar-refractivity contribution in [3.63, 3.8) is 0 Å². The highest BCUT2D eigenvalue weighted by atomic mass is 16.7. The molecular formula is C28H38N4O6. The first-order valence-electron chi connectivity index (χ1n) is 13.4. The predicted octanol–water partition coefficient (Wildman–Crippen LogP) is 2.11. The van der Waals surface area contributed by atoms with Crippen molar-refractivity contribution in [3.05, 3.63) is 58.5 Å². The summed E-state index contributed by atoms with van der Waals surface area (Å²) in [6.45, 7) is 4.85. The fourth-order valence-electron chi connectivity index (χ4n) is 5.52. The molecule has 1 saturated heterocycles. The first kappa shape index (κ1) is 27.7. The maximum Gasteiger partial charge on any atom is 0.308 e. The maximum atomic E-state index is 13.5. The molecular weight excluding hydrogens is 488 g/mol. The van der Waals surface area contributed by atoms with E-state index in [4.69, 9.17) is 15.2 Å². The maximum absolute atomic E-state index is 13.5. The number of unbranched alkanes of at least 4 members (excludes halogenated alkanes) is 1. The second-order valence-corrected chi connectivity index (χ2v) is 9.98. The van der Waals surface area contributed by atoms with Gasteiger partial charge in [0.2, 0.25) is 18.3 Å². The van der Waals surface area contributed by atoms with Crippen molar-refractivity contribution < 1.29 is 24.2 Å². The molecule has 3 unspecified atom stereocenters. The molecule has 1 amide bonds. The third-order valence-corrected chi connectivity index (χ3v) is 7.53. The number of nitrogens with zero attached hydrogens (tertiary/aromatic N) is 3. The minimum atomic E-state index is -0.918. The molecule has 0 spiro atoms. The number of rotatable bonds is 13. The van der Waals surface area contributed by atoms with Gasteiger partial charge in [0.25, 0.3) is 0 Å². The van der Waals surface area contributed by atoms with Gasteiger partial charge in [0.15, 0.2) is 11.5 Å². The van der Waals surface area contributed by atoms with E-state index in [-0.39, 0.29) is 30.7 Å². The van der Waals surface area contributed by atoms with E-state index in [0.717, 1.165) is 18.4 Å². The third kappa shape index (κ3) is 6.36. The molecule has 0 bridgehead atoms. The Hall–Kier alpha value is -3.37. The van der Waals surface area contributed by atoms with E-state index in [1.54, 1.807) is 22.9 Å². The number of aliphatic carboxylic acids is 1. The van der Waals surface area contributed by atoms with Crippen molar-refractivity contribution in [1.82, 2.24) is 14.4 Å². The lowest BCUT2D eigenvalue weighted by atomic mass is 9.84. The number of carboxylic acids is 1. The minimum Gasteiger partial charge on any atom is -0.481 e. The summed E-state index contributed by atoms with van der Waals surface area (Å²) in [6, 6.07) is 10.1. The van der Waals surface area contributed by atoms with Gasteiger partial charge < -0.3 is 29.8 Å². The zero-order chi connectivity index (χ0) is 27.1. The molecule has 2 aliphatic rings. The minimum absolute atomic E-state index is 0.0238. The summed E-state index contributed by atoms with van der Waals surface area (Å²) >= 11 is 0. The lowest BCUT2D eigenvalue weighted by Crippen LogP contribution is -2.45. The molecule has 206 valence electrons. The van der Waals surface area contributed by atoms with Gasteiger partial charge in [-0.3, -0.25) is 19.3 Å². The number of carboxylic acid groups (broad SMARTS) is 1. The second-order valence-electron chi connectivity index (χ2n) is 9.98. The van der Waals surface area contributed by atoms with E-state index in [2.05, 4.69) is 6.92 Å². The van der Waals surface area contributed by atoms with Crippen LogP contribution in [0, 0.1) is 5.92 Å². The Kier molecular flexibility index (Phi) is 9.41. The number of nitrogens with two attached hydrogens (primary N) is 1. The van der Waals surface area contributed by atoms with Crippen LogP contribution in [0.4, 0.5) is 0 Å². The predicted molar refractivity (Wildman–Crippen MR) is 142 cm³/mol. The van der Waals surface area contributed by atoms with Crippen LogP contribution in [0.25, 0.3) is 0 Å². The van der Waals surface area contributed by atoms with E-state index in [1.165, 1.54) is 6.07 Å². The number of pyridine rings is 1. The quantitative estimate of drug-likeness (QED) is 0.406. The monoisotopic (exact) mass is 526 g/mol. The molecule has 10 heteroatoms. The van der Waals surface area contributed by atoms with Gasteiger partial charge in [-0.05, 0) is 49.6 Å². The normalized spacial score (nSPS) is 20.5. The molecule has 0 radical (unpaired) electrons. The molecule has 3 heterocycles. The highest BCUT2D eigenvalue weighted by Gasteiger charge is 2.47. The van der Waals surface area contributed by atoms with E-state index >= 15 is 0 Å². The summed E-state index contributed by atoms with van der Waals surface area (Å²) in [5, 5.41) is 10.4. The molecule has 3 N–H and O–H groups in total. The van der Waals surface area contributed by atoms with Crippen LogP contribution < -0.4 is 20.8 Å². The Labute approximate surface area is 222 Å². The standard InChI is InChI=1S/C28H38N4O6/c1-2-3-12-30(14-6-11-29)26(34)18-32-17-21(20-8-9-23-24(16-20)38-19-37-23)27(28(35)36)22(32)10-15-31-13-5-4-7-25(31)33/h4-5,7-9,13,16,21-22,27H,2-3,6,10-12,14-15,17-19,29H2,1H3,(H,35,36). The third-order valence-electron chi connectivity index (χ3n) is 7.53. The van der Waals surface area contributed by atoms with Crippen LogP contribution in [0.1, 0.15) is 44.1 Å². The Morgan fingerprint density at radius 3 is 2.66 bits per heavy atom. The molecule has 4 rings (SSSR count). The largest absolute Gasteiger partial charge is 0.481 e. The van der Waals surface area contributed by atoms with Gasteiger partial charge >= 0.3 is 5.97 Å². The Morgan fingerprint density at radius 2 is 1.92 bits per heavy atom. The number of ether oxygens (including phenoxy) is 2. The number of hydrogen-bond donors (Lipinski definition) is 2. The molecule has 3 atom stereocenters. The molecule has 1 fully saturated rings. The van der Waals surface area contributed by atoms with Crippen LogP contribution in [-0.4, -0.2) is 76.9 Å². The van der Waals surface area contributed by atoms with Gasteiger partial charge in [-0.2, -0.15) is 0 Å². The number of likely N-dealkylation sites (tertiary alicyclic amines) is 1. The lowest BCUT2D eigenvalue weighted by molar-refractivity contribution is -0.144. The van der Waals surface area contributed by atoms with Gasteiger partial charge in [-0.15, -0.1) is 0 Å². The molecule has 2 aromatic rings.